The lowest BCUT2D eigenvalue weighted by Gasteiger charge is -2.53. The van der Waals surface area contributed by atoms with Gasteiger partial charge in [-0.25, -0.2) is 19.5 Å². The summed E-state index contributed by atoms with van der Waals surface area (Å²) in [6, 6.07) is 0. The number of imidazole rings is 1. The number of phosphoric acid groups is 1. The summed E-state index contributed by atoms with van der Waals surface area (Å²) in [7, 11) is -4.53. The van der Waals surface area contributed by atoms with E-state index in [0.29, 0.717) is 24.0 Å². The van der Waals surface area contributed by atoms with E-state index >= 15 is 0 Å². The van der Waals surface area contributed by atoms with Gasteiger partial charge in [0.05, 0.1) is 32.3 Å². The maximum Gasteiger partial charge on any atom is 0.472 e. The summed E-state index contributed by atoms with van der Waals surface area (Å²) >= 11 is 5.35. The van der Waals surface area contributed by atoms with Crippen LogP contribution in [0, 0.1) is 23.2 Å². The van der Waals surface area contributed by atoms with Crippen LogP contribution in [-0.2, 0) is 44.0 Å². The van der Waals surface area contributed by atoms with E-state index in [2.05, 4.69) is 19.9 Å². The zero-order valence-corrected chi connectivity index (χ0v) is 25.1. The van der Waals surface area contributed by atoms with Gasteiger partial charge in [-0.15, -0.1) is 0 Å². The van der Waals surface area contributed by atoms with Crippen molar-refractivity contribution in [1.82, 2.24) is 19.5 Å². The number of nitrogens with zero attached hydrogens (tertiary/aromatic N) is 5. The van der Waals surface area contributed by atoms with Crippen molar-refractivity contribution in [3.8, 4) is 0 Å². The fourth-order valence-corrected chi connectivity index (χ4v) is 8.46. The molecule has 2 aromatic rings. The number of nitrogens with two attached hydrogens (primary N) is 2. The average molecular weight is 644 g/mol. The summed E-state index contributed by atoms with van der Waals surface area (Å²) in [6.07, 6.45) is 4.86. The molecular formula is C23H31N7O9P2S. The summed E-state index contributed by atoms with van der Waals surface area (Å²) in [4.78, 5) is 49.9. The quantitative estimate of drug-likeness (QED) is 0.348. The third-order valence-corrected chi connectivity index (χ3v) is 11.0. The highest BCUT2D eigenvalue weighted by molar-refractivity contribution is 8.07. The van der Waals surface area contributed by atoms with E-state index in [1.54, 1.807) is 10.8 Å². The molecule has 228 valence electrons. The van der Waals surface area contributed by atoms with Crippen LogP contribution < -0.4 is 11.5 Å². The molecule has 0 bridgehead atoms. The minimum absolute atomic E-state index is 0.0372. The highest BCUT2D eigenvalue weighted by Crippen LogP contribution is 2.58. The third kappa shape index (κ3) is 5.83. The van der Waals surface area contributed by atoms with Crippen molar-refractivity contribution in [3.63, 3.8) is 0 Å². The van der Waals surface area contributed by atoms with Crippen molar-refractivity contribution in [2.24, 2.45) is 33.9 Å². The van der Waals surface area contributed by atoms with E-state index in [0.717, 1.165) is 0 Å². The van der Waals surface area contributed by atoms with Crippen LogP contribution >= 0.6 is 14.5 Å². The normalized spacial score (nSPS) is 41.0. The van der Waals surface area contributed by atoms with Gasteiger partial charge in [0.1, 0.15) is 29.9 Å². The second kappa shape index (κ2) is 11.1. The molecule has 6 N–H and O–H groups in total. The largest absolute Gasteiger partial charge is 0.472 e. The fourth-order valence-electron chi connectivity index (χ4n) is 6.17. The molecule has 1 aliphatic carbocycles. The number of phosphoric ester groups is 1. The molecule has 1 amide bonds. The fraction of sp³-hybridized carbons (Fsp3) is 0.609. The third-order valence-electron chi connectivity index (χ3n) is 8.47. The Morgan fingerprint density at radius 3 is 2.71 bits per heavy atom. The van der Waals surface area contributed by atoms with Gasteiger partial charge in [0.15, 0.2) is 11.5 Å². The second-order valence-electron chi connectivity index (χ2n) is 11.1. The molecule has 5 heterocycles. The number of allylic oxidation sites excluding steroid dienone is 1. The summed E-state index contributed by atoms with van der Waals surface area (Å²) in [5, 5.41) is 0. The Hall–Kier alpha value is -2.17. The van der Waals surface area contributed by atoms with Gasteiger partial charge in [-0.1, -0.05) is 13.0 Å². The Balaban J connectivity index is 1.20. The van der Waals surface area contributed by atoms with E-state index < -0.39 is 50.9 Å². The number of carbonyl (C=O) groups excluding carboxylic acids is 1. The summed E-state index contributed by atoms with van der Waals surface area (Å²) in [6.45, 7) is -2.30. The standard InChI is InChI=1S/C23H31N7O9P2S/c1-23(2-3-26-15(6-23)21(25)31)14-4-12-7-37-41(34,42)39-16-5-18(30-11-29-19-20(24)27-10-28-22(19)30)38-17(16)9-36-40(32,33)35-8-13(12)14/h2-3,10-14,16-18H,4-9H2,1H3,(H2,25,31)(H,32,33)(H,34,42)(H2,24,27,28)/t12-,13-,14-,16+,17-,18-,23?,41?/m1/s1. The monoisotopic (exact) mass is 643 g/mol. The Labute approximate surface area is 245 Å². The number of aliphatic imine (C=N–C) groups is 1. The van der Waals surface area contributed by atoms with E-state index in [1.807, 2.05) is 13.0 Å². The zero-order valence-electron chi connectivity index (χ0n) is 22.5. The van der Waals surface area contributed by atoms with Crippen molar-refractivity contribution in [3.05, 3.63) is 24.9 Å². The molecule has 2 saturated heterocycles. The number of carbonyl (C=O) groups is 1. The predicted octanol–water partition coefficient (Wildman–Crippen LogP) is 1.56. The van der Waals surface area contributed by atoms with Gasteiger partial charge in [0, 0.05) is 19.0 Å². The number of aromatic nitrogens is 4. The van der Waals surface area contributed by atoms with Crippen molar-refractivity contribution in [2.75, 3.05) is 25.6 Å². The lowest BCUT2D eigenvalue weighted by molar-refractivity contribution is -0.112. The van der Waals surface area contributed by atoms with Gasteiger partial charge in [0.2, 0.25) is 0 Å². The molecule has 2 aromatic heterocycles. The number of ether oxygens (including phenoxy) is 1. The first-order valence-electron chi connectivity index (χ1n) is 13.2. The molecule has 0 spiro atoms. The topological polar surface area (TPSA) is 229 Å². The Kier molecular flexibility index (Phi) is 7.88. The number of fused-ring (bicyclic) bond motifs is 3. The van der Waals surface area contributed by atoms with Crippen LogP contribution in [0.2, 0.25) is 0 Å². The van der Waals surface area contributed by atoms with Crippen molar-refractivity contribution in [1.29, 1.82) is 0 Å². The van der Waals surface area contributed by atoms with Crippen LogP contribution in [0.5, 0.6) is 0 Å². The van der Waals surface area contributed by atoms with Crippen molar-refractivity contribution >= 4 is 54.9 Å². The predicted molar refractivity (Wildman–Crippen MR) is 151 cm³/mol. The number of hydrogen-bond donors (Lipinski definition) is 4. The minimum Gasteiger partial charge on any atom is -0.382 e. The Morgan fingerprint density at radius 1 is 1.14 bits per heavy atom. The molecule has 3 fully saturated rings. The number of hydrogen-bond acceptors (Lipinski definition) is 13. The maximum absolute atomic E-state index is 13.0. The first kappa shape index (κ1) is 29.9. The first-order chi connectivity index (χ1) is 19.8. The molecule has 4 aliphatic rings. The molecule has 19 heteroatoms. The lowest BCUT2D eigenvalue weighted by atomic mass is 9.53. The van der Waals surface area contributed by atoms with E-state index in [1.165, 1.54) is 12.7 Å². The first-order valence-corrected chi connectivity index (χ1v) is 17.3. The number of rotatable bonds is 3. The van der Waals surface area contributed by atoms with E-state index in [9.17, 15) is 19.1 Å². The molecule has 42 heavy (non-hydrogen) atoms. The second-order valence-corrected chi connectivity index (χ2v) is 15.4. The molecule has 3 aliphatic heterocycles. The zero-order chi connectivity index (χ0) is 29.9. The maximum atomic E-state index is 13.0. The van der Waals surface area contributed by atoms with Gasteiger partial charge >= 0.3 is 14.5 Å². The van der Waals surface area contributed by atoms with Crippen LogP contribution in [-0.4, -0.2) is 73.0 Å². The van der Waals surface area contributed by atoms with Gasteiger partial charge in [-0.3, -0.25) is 23.4 Å². The number of nitrogen functional groups attached to an aromatic ring is 1. The van der Waals surface area contributed by atoms with Gasteiger partial charge < -0.3 is 35.0 Å². The Bertz CT molecular complexity index is 1560. The van der Waals surface area contributed by atoms with Crippen LogP contribution in [0.3, 0.4) is 0 Å². The van der Waals surface area contributed by atoms with Crippen LogP contribution in [0.25, 0.3) is 11.2 Å². The highest BCUT2D eigenvalue weighted by atomic mass is 32.5. The average Bonchev–Trinajstić information content (AvgIpc) is 3.50. The molecule has 9 atom stereocenters. The number of primary amides is 1. The minimum atomic E-state index is -4.53. The van der Waals surface area contributed by atoms with Crippen molar-refractivity contribution < 1.29 is 42.0 Å². The lowest BCUT2D eigenvalue weighted by Crippen LogP contribution is -2.50. The molecule has 3 unspecified atom stereocenters. The smallest absolute Gasteiger partial charge is 0.382 e. The van der Waals surface area contributed by atoms with Gasteiger partial charge in [-0.2, -0.15) is 0 Å². The summed E-state index contributed by atoms with van der Waals surface area (Å²) in [5.74, 6) is -0.934. The van der Waals surface area contributed by atoms with Crippen LogP contribution in [0.1, 0.15) is 32.4 Å². The molecule has 0 radical (unpaired) electrons. The summed E-state index contributed by atoms with van der Waals surface area (Å²) in [5.41, 5.74) is 11.9. The number of amides is 1. The van der Waals surface area contributed by atoms with Crippen LogP contribution in [0.4, 0.5) is 5.82 Å². The molecular weight excluding hydrogens is 612 g/mol. The van der Waals surface area contributed by atoms with E-state index in [-0.39, 0.29) is 48.9 Å². The van der Waals surface area contributed by atoms with Crippen LogP contribution in [0.15, 0.2) is 29.9 Å². The Morgan fingerprint density at radius 2 is 1.93 bits per heavy atom. The van der Waals surface area contributed by atoms with Gasteiger partial charge in [-0.05, 0) is 41.4 Å². The van der Waals surface area contributed by atoms with Crippen molar-refractivity contribution in [2.45, 2.75) is 44.6 Å². The van der Waals surface area contributed by atoms with E-state index in [4.69, 9.17) is 46.1 Å². The highest BCUT2D eigenvalue weighted by Gasteiger charge is 2.52. The summed E-state index contributed by atoms with van der Waals surface area (Å²) < 4.78 is 43.1. The van der Waals surface area contributed by atoms with Gasteiger partial charge in [0.25, 0.3) is 5.91 Å². The molecule has 16 nitrogen and oxygen atoms in total. The SMILES string of the molecule is CC1([C@@H]2C[C@@H]3COP(O)(=S)O[C@H]4C[C@H](n5cnc6c(N)ncnc65)O[C@@H]4COP(=O)(O)OC[C@H]32)C=CN=C(C(N)=O)C1. The number of anilines is 1. The molecule has 0 aromatic carbocycles. The molecule has 6 rings (SSSR count). The molecule has 1 saturated carbocycles.